The molecule has 0 saturated heterocycles. The minimum absolute atomic E-state index is 0.228. The van der Waals surface area contributed by atoms with Crippen molar-refractivity contribution in [3.05, 3.63) is 35.9 Å². The maximum Gasteiger partial charge on any atom is 0.324 e. The van der Waals surface area contributed by atoms with Crippen molar-refractivity contribution in [1.29, 1.82) is 0 Å². The highest BCUT2D eigenvalue weighted by atomic mass is 16.5. The van der Waals surface area contributed by atoms with Crippen molar-refractivity contribution in [3.8, 4) is 12.0 Å². The Kier molecular flexibility index (Phi) is 4.70. The molecule has 1 N–H and O–H groups in total. The van der Waals surface area contributed by atoms with Gasteiger partial charge in [-0.05, 0) is 11.5 Å². The summed E-state index contributed by atoms with van der Waals surface area (Å²) in [5, 5.41) is 3.17. The predicted molar refractivity (Wildman–Crippen MR) is 76.3 cm³/mol. The van der Waals surface area contributed by atoms with Gasteiger partial charge in [0.1, 0.15) is 0 Å². The molecule has 6 nitrogen and oxygen atoms in total. The van der Waals surface area contributed by atoms with Crippen LogP contribution in [0.3, 0.4) is 0 Å². The zero-order chi connectivity index (χ0) is 14.4. The third kappa shape index (κ3) is 3.57. The molecule has 1 heterocycles. The van der Waals surface area contributed by atoms with Crippen molar-refractivity contribution in [2.75, 3.05) is 26.1 Å². The summed E-state index contributed by atoms with van der Waals surface area (Å²) in [6.07, 6.45) is 0. The van der Waals surface area contributed by atoms with E-state index in [1.165, 1.54) is 19.8 Å². The molecule has 2 aromatic rings. The van der Waals surface area contributed by atoms with Gasteiger partial charge in [-0.15, -0.1) is 4.98 Å². The van der Waals surface area contributed by atoms with Crippen molar-refractivity contribution in [3.63, 3.8) is 0 Å². The molecule has 1 atom stereocenters. The van der Waals surface area contributed by atoms with Gasteiger partial charge in [-0.25, -0.2) is 0 Å². The van der Waals surface area contributed by atoms with Crippen molar-refractivity contribution in [2.45, 2.75) is 12.8 Å². The van der Waals surface area contributed by atoms with Crippen molar-refractivity contribution in [2.24, 2.45) is 0 Å². The van der Waals surface area contributed by atoms with Crippen LogP contribution in [0.1, 0.15) is 18.4 Å². The van der Waals surface area contributed by atoms with E-state index in [9.17, 15) is 0 Å². The molecule has 6 heteroatoms. The van der Waals surface area contributed by atoms with Crippen LogP contribution >= 0.6 is 0 Å². The number of rotatable bonds is 6. The summed E-state index contributed by atoms with van der Waals surface area (Å²) >= 11 is 0. The highest BCUT2D eigenvalue weighted by Crippen LogP contribution is 2.16. The molecule has 0 fully saturated rings. The lowest BCUT2D eigenvalue weighted by Crippen LogP contribution is -2.13. The normalized spacial score (nSPS) is 11.8. The Morgan fingerprint density at radius 1 is 1.00 bits per heavy atom. The molecule has 0 aliphatic rings. The number of benzene rings is 1. The molecule has 1 aromatic heterocycles. The first-order chi connectivity index (χ1) is 9.72. The minimum Gasteiger partial charge on any atom is -0.467 e. The molecular weight excluding hydrogens is 256 g/mol. The smallest absolute Gasteiger partial charge is 0.324 e. The van der Waals surface area contributed by atoms with Crippen molar-refractivity contribution >= 4 is 5.95 Å². The molecule has 0 aliphatic carbocycles. The van der Waals surface area contributed by atoms with E-state index >= 15 is 0 Å². The fourth-order valence-electron chi connectivity index (χ4n) is 1.74. The number of aromatic nitrogens is 3. The molecule has 1 aromatic carbocycles. The van der Waals surface area contributed by atoms with Crippen LogP contribution in [0.25, 0.3) is 0 Å². The van der Waals surface area contributed by atoms with Crippen LogP contribution < -0.4 is 14.8 Å². The number of ether oxygens (including phenoxy) is 2. The molecule has 0 bridgehead atoms. The summed E-state index contributed by atoms with van der Waals surface area (Å²) < 4.78 is 10.0. The molecule has 0 spiro atoms. The summed E-state index contributed by atoms with van der Waals surface area (Å²) in [5.74, 6) is 0.779. The second kappa shape index (κ2) is 6.70. The minimum atomic E-state index is 0.228. The molecule has 2 rings (SSSR count). The lowest BCUT2D eigenvalue weighted by molar-refractivity contribution is 0.341. The van der Waals surface area contributed by atoms with Crippen LogP contribution in [0.2, 0.25) is 0 Å². The second-order valence-corrected chi connectivity index (χ2v) is 4.33. The molecule has 106 valence electrons. The van der Waals surface area contributed by atoms with Gasteiger partial charge in [0.2, 0.25) is 5.95 Å². The first-order valence-corrected chi connectivity index (χ1v) is 6.35. The largest absolute Gasteiger partial charge is 0.467 e. The van der Waals surface area contributed by atoms with Gasteiger partial charge in [0.15, 0.2) is 0 Å². The van der Waals surface area contributed by atoms with Crippen LogP contribution in [0.15, 0.2) is 30.3 Å². The molecule has 0 amide bonds. The van der Waals surface area contributed by atoms with E-state index in [0.29, 0.717) is 18.4 Å². The lowest BCUT2D eigenvalue weighted by Gasteiger charge is -2.13. The van der Waals surface area contributed by atoms with Crippen LogP contribution in [-0.4, -0.2) is 35.7 Å². The highest BCUT2D eigenvalue weighted by Gasteiger charge is 2.09. The van der Waals surface area contributed by atoms with E-state index in [2.05, 4.69) is 39.3 Å². The SMILES string of the molecule is COc1nc(NCC(C)c2ccccc2)nc(OC)n1. The van der Waals surface area contributed by atoms with Gasteiger partial charge in [0, 0.05) is 6.54 Å². The fraction of sp³-hybridized carbons (Fsp3) is 0.357. The van der Waals surface area contributed by atoms with Crippen LogP contribution in [0.5, 0.6) is 12.0 Å². The summed E-state index contributed by atoms with van der Waals surface area (Å²) in [7, 11) is 3.01. The van der Waals surface area contributed by atoms with E-state index in [0.717, 1.165) is 0 Å². The number of anilines is 1. The van der Waals surface area contributed by atoms with Gasteiger partial charge in [0.25, 0.3) is 0 Å². The van der Waals surface area contributed by atoms with Crippen LogP contribution in [0.4, 0.5) is 5.95 Å². The first-order valence-electron chi connectivity index (χ1n) is 6.35. The third-order valence-corrected chi connectivity index (χ3v) is 2.89. The Labute approximate surface area is 118 Å². The van der Waals surface area contributed by atoms with Gasteiger partial charge < -0.3 is 14.8 Å². The Morgan fingerprint density at radius 3 is 2.15 bits per heavy atom. The fourth-order valence-corrected chi connectivity index (χ4v) is 1.74. The van der Waals surface area contributed by atoms with Gasteiger partial charge in [0.05, 0.1) is 14.2 Å². The number of nitrogens with one attached hydrogen (secondary N) is 1. The number of methoxy groups -OCH3 is 2. The number of hydrogen-bond acceptors (Lipinski definition) is 6. The molecule has 0 aliphatic heterocycles. The quantitative estimate of drug-likeness (QED) is 0.870. The topological polar surface area (TPSA) is 69.2 Å². The maximum absolute atomic E-state index is 5.01. The third-order valence-electron chi connectivity index (χ3n) is 2.89. The Morgan fingerprint density at radius 2 is 1.60 bits per heavy atom. The summed E-state index contributed by atoms with van der Waals surface area (Å²) in [5.41, 5.74) is 1.26. The highest BCUT2D eigenvalue weighted by molar-refractivity contribution is 5.29. The van der Waals surface area contributed by atoms with Crippen molar-refractivity contribution in [1.82, 2.24) is 15.0 Å². The Bertz CT molecular complexity index is 526. The standard InChI is InChI=1S/C14H18N4O2/c1-10(11-7-5-4-6-8-11)9-15-12-16-13(19-2)18-14(17-12)20-3/h4-8,10H,9H2,1-3H3,(H,15,16,17,18). The van der Waals surface area contributed by atoms with Crippen LogP contribution in [0, 0.1) is 0 Å². The van der Waals surface area contributed by atoms with Gasteiger partial charge in [-0.1, -0.05) is 37.3 Å². The van der Waals surface area contributed by atoms with E-state index < -0.39 is 0 Å². The van der Waals surface area contributed by atoms with E-state index in [1.54, 1.807) is 0 Å². The number of nitrogens with zero attached hydrogens (tertiary/aromatic N) is 3. The van der Waals surface area contributed by atoms with Crippen LogP contribution in [-0.2, 0) is 0 Å². The summed E-state index contributed by atoms with van der Waals surface area (Å²) in [6, 6.07) is 10.7. The van der Waals surface area contributed by atoms with Gasteiger partial charge >= 0.3 is 12.0 Å². The molecule has 0 radical (unpaired) electrons. The molecular formula is C14H18N4O2. The molecule has 1 unspecified atom stereocenters. The Hall–Kier alpha value is -2.37. The predicted octanol–water partition coefficient (Wildman–Crippen LogP) is 2.10. The van der Waals surface area contributed by atoms with E-state index in [4.69, 9.17) is 9.47 Å². The zero-order valence-corrected chi connectivity index (χ0v) is 11.8. The second-order valence-electron chi connectivity index (χ2n) is 4.33. The van der Waals surface area contributed by atoms with E-state index in [-0.39, 0.29) is 12.0 Å². The zero-order valence-electron chi connectivity index (χ0n) is 11.8. The monoisotopic (exact) mass is 274 g/mol. The summed E-state index contributed by atoms with van der Waals surface area (Å²) in [6.45, 7) is 2.85. The molecule has 0 saturated carbocycles. The van der Waals surface area contributed by atoms with Gasteiger partial charge in [-0.2, -0.15) is 9.97 Å². The van der Waals surface area contributed by atoms with Crippen molar-refractivity contribution < 1.29 is 9.47 Å². The molecule has 20 heavy (non-hydrogen) atoms. The van der Waals surface area contributed by atoms with Gasteiger partial charge in [-0.3, -0.25) is 0 Å². The van der Waals surface area contributed by atoms with E-state index in [1.807, 2.05) is 18.2 Å². The average molecular weight is 274 g/mol. The summed E-state index contributed by atoms with van der Waals surface area (Å²) in [4.78, 5) is 12.2. The lowest BCUT2D eigenvalue weighted by atomic mass is 10.0. The first kappa shape index (κ1) is 14.0. The maximum atomic E-state index is 5.01. The Balaban J connectivity index is 2.03. The number of hydrogen-bond donors (Lipinski definition) is 1. The average Bonchev–Trinajstić information content (AvgIpc) is 2.53.